The first-order valence-corrected chi connectivity index (χ1v) is 7.71. The second-order valence-electron chi connectivity index (χ2n) is 5.49. The molecule has 0 radical (unpaired) electrons. The Hall–Kier alpha value is -3.02. The normalized spacial score (nSPS) is 10.1. The zero-order valence-electron chi connectivity index (χ0n) is 14.7. The number of nitrogens with one attached hydrogen (secondary N) is 1. The monoisotopic (exact) mass is 343 g/mol. The molecule has 0 fully saturated rings. The lowest BCUT2D eigenvalue weighted by atomic mass is 10.1. The smallest absolute Gasteiger partial charge is 0.338 e. The topological polar surface area (TPSA) is 73.9 Å². The van der Waals surface area contributed by atoms with Crippen molar-refractivity contribution in [3.63, 3.8) is 0 Å². The average molecular weight is 343 g/mol. The summed E-state index contributed by atoms with van der Waals surface area (Å²) in [5.41, 5.74) is 2.86. The molecule has 2 rings (SSSR count). The SMILES string of the molecule is COc1cc(OC)cc(C(=O)OCC(=O)Nc2c(C)cccc2C)c1. The van der Waals surface area contributed by atoms with Crippen LogP contribution < -0.4 is 14.8 Å². The van der Waals surface area contributed by atoms with Crippen molar-refractivity contribution in [1.82, 2.24) is 0 Å². The summed E-state index contributed by atoms with van der Waals surface area (Å²) in [5, 5.41) is 2.76. The third-order valence-electron chi connectivity index (χ3n) is 3.67. The third-order valence-corrected chi connectivity index (χ3v) is 3.67. The van der Waals surface area contributed by atoms with Gasteiger partial charge in [0, 0.05) is 11.8 Å². The van der Waals surface area contributed by atoms with E-state index in [2.05, 4.69) is 5.32 Å². The molecule has 0 unspecified atom stereocenters. The predicted octanol–water partition coefficient (Wildman–Crippen LogP) is 3.12. The molecule has 1 N–H and O–H groups in total. The van der Waals surface area contributed by atoms with E-state index in [9.17, 15) is 9.59 Å². The van der Waals surface area contributed by atoms with E-state index in [4.69, 9.17) is 14.2 Å². The lowest BCUT2D eigenvalue weighted by molar-refractivity contribution is -0.119. The summed E-state index contributed by atoms with van der Waals surface area (Å²) in [4.78, 5) is 24.2. The van der Waals surface area contributed by atoms with Gasteiger partial charge >= 0.3 is 5.97 Å². The standard InChI is InChI=1S/C19H21NO5/c1-12-6-5-7-13(2)18(12)20-17(21)11-25-19(22)14-8-15(23-3)10-16(9-14)24-4/h5-10H,11H2,1-4H3,(H,20,21). The number of para-hydroxylation sites is 1. The van der Waals surface area contributed by atoms with E-state index in [0.29, 0.717) is 11.5 Å². The summed E-state index contributed by atoms with van der Waals surface area (Å²) in [5.74, 6) is -0.105. The molecule has 0 aromatic heterocycles. The highest BCUT2D eigenvalue weighted by atomic mass is 16.5. The van der Waals surface area contributed by atoms with Gasteiger partial charge in [-0.2, -0.15) is 0 Å². The molecule has 0 heterocycles. The van der Waals surface area contributed by atoms with Crippen LogP contribution in [0.4, 0.5) is 5.69 Å². The summed E-state index contributed by atoms with van der Waals surface area (Å²) in [6.45, 7) is 3.42. The highest BCUT2D eigenvalue weighted by Gasteiger charge is 2.14. The van der Waals surface area contributed by atoms with Crippen LogP contribution >= 0.6 is 0 Å². The molecular weight excluding hydrogens is 322 g/mol. The van der Waals surface area contributed by atoms with Gasteiger partial charge < -0.3 is 19.5 Å². The number of hydrogen-bond donors (Lipinski definition) is 1. The molecule has 132 valence electrons. The molecule has 0 aliphatic carbocycles. The van der Waals surface area contributed by atoms with Crippen molar-refractivity contribution in [3.8, 4) is 11.5 Å². The second kappa shape index (κ2) is 8.19. The molecule has 6 heteroatoms. The quantitative estimate of drug-likeness (QED) is 0.816. The van der Waals surface area contributed by atoms with Gasteiger partial charge in [0.15, 0.2) is 6.61 Å². The minimum Gasteiger partial charge on any atom is -0.497 e. The molecule has 2 aromatic rings. The number of ether oxygens (including phenoxy) is 3. The van der Waals surface area contributed by atoms with Crippen LogP contribution in [0.5, 0.6) is 11.5 Å². The Morgan fingerprint density at radius 3 is 2.04 bits per heavy atom. The van der Waals surface area contributed by atoms with Crippen molar-refractivity contribution in [2.75, 3.05) is 26.1 Å². The first-order valence-electron chi connectivity index (χ1n) is 7.71. The van der Waals surface area contributed by atoms with Crippen LogP contribution in [-0.2, 0) is 9.53 Å². The fourth-order valence-corrected chi connectivity index (χ4v) is 2.33. The molecule has 0 atom stereocenters. The first kappa shape index (κ1) is 18.3. The van der Waals surface area contributed by atoms with Crippen molar-refractivity contribution < 1.29 is 23.8 Å². The number of methoxy groups -OCH3 is 2. The van der Waals surface area contributed by atoms with E-state index < -0.39 is 11.9 Å². The molecule has 1 amide bonds. The molecule has 0 aliphatic rings. The number of benzene rings is 2. The van der Waals surface area contributed by atoms with Gasteiger partial charge in [0.1, 0.15) is 11.5 Å². The minimum absolute atomic E-state index is 0.246. The Morgan fingerprint density at radius 1 is 0.960 bits per heavy atom. The van der Waals surface area contributed by atoms with Gasteiger partial charge in [-0.15, -0.1) is 0 Å². The van der Waals surface area contributed by atoms with Gasteiger partial charge in [-0.1, -0.05) is 18.2 Å². The van der Waals surface area contributed by atoms with Gasteiger partial charge in [-0.05, 0) is 37.1 Å². The molecule has 2 aromatic carbocycles. The van der Waals surface area contributed by atoms with Crippen molar-refractivity contribution in [2.24, 2.45) is 0 Å². The zero-order valence-corrected chi connectivity index (χ0v) is 14.7. The number of amides is 1. The van der Waals surface area contributed by atoms with E-state index in [-0.39, 0.29) is 12.2 Å². The zero-order chi connectivity index (χ0) is 18.4. The number of carbonyl (C=O) groups is 2. The van der Waals surface area contributed by atoms with Crippen molar-refractivity contribution in [2.45, 2.75) is 13.8 Å². The van der Waals surface area contributed by atoms with Crippen molar-refractivity contribution >= 4 is 17.6 Å². The molecule has 6 nitrogen and oxygen atoms in total. The van der Waals surface area contributed by atoms with Crippen molar-refractivity contribution in [3.05, 3.63) is 53.1 Å². The number of anilines is 1. The molecular formula is C19H21NO5. The van der Waals surface area contributed by atoms with Crippen LogP contribution in [0.3, 0.4) is 0 Å². The van der Waals surface area contributed by atoms with Crippen LogP contribution in [-0.4, -0.2) is 32.7 Å². The molecule has 25 heavy (non-hydrogen) atoms. The predicted molar refractivity (Wildman–Crippen MR) is 94.4 cm³/mol. The Bertz CT molecular complexity index is 743. The van der Waals surface area contributed by atoms with Gasteiger partial charge in [0.05, 0.1) is 19.8 Å². The van der Waals surface area contributed by atoms with Crippen LogP contribution in [0.15, 0.2) is 36.4 Å². The molecule has 0 spiro atoms. The maximum absolute atomic E-state index is 12.2. The van der Waals surface area contributed by atoms with E-state index in [1.807, 2.05) is 32.0 Å². The largest absolute Gasteiger partial charge is 0.497 e. The first-order chi connectivity index (χ1) is 11.9. The summed E-state index contributed by atoms with van der Waals surface area (Å²) in [6, 6.07) is 10.4. The highest BCUT2D eigenvalue weighted by Crippen LogP contribution is 2.23. The van der Waals surface area contributed by atoms with E-state index >= 15 is 0 Å². The Balaban J connectivity index is 2.01. The molecule has 0 saturated heterocycles. The maximum Gasteiger partial charge on any atom is 0.338 e. The van der Waals surface area contributed by atoms with E-state index in [1.54, 1.807) is 6.07 Å². The van der Waals surface area contributed by atoms with Gasteiger partial charge in [-0.3, -0.25) is 4.79 Å². The second-order valence-corrected chi connectivity index (χ2v) is 5.49. The highest BCUT2D eigenvalue weighted by molar-refractivity contribution is 5.96. The number of hydrogen-bond acceptors (Lipinski definition) is 5. The van der Waals surface area contributed by atoms with Crippen LogP contribution in [0.25, 0.3) is 0 Å². The number of aryl methyl sites for hydroxylation is 2. The number of carbonyl (C=O) groups excluding carboxylic acids is 2. The maximum atomic E-state index is 12.2. The average Bonchev–Trinajstić information content (AvgIpc) is 2.62. The number of rotatable bonds is 6. The van der Waals surface area contributed by atoms with Crippen LogP contribution in [0, 0.1) is 13.8 Å². The third kappa shape index (κ3) is 4.73. The summed E-state index contributed by atoms with van der Waals surface area (Å²) in [6.07, 6.45) is 0. The molecule has 0 aliphatic heterocycles. The Labute approximate surface area is 146 Å². The van der Waals surface area contributed by atoms with E-state index in [0.717, 1.165) is 16.8 Å². The number of esters is 1. The Kier molecular flexibility index (Phi) is 6.00. The lowest BCUT2D eigenvalue weighted by Crippen LogP contribution is -2.21. The Morgan fingerprint density at radius 2 is 1.52 bits per heavy atom. The summed E-state index contributed by atoms with van der Waals surface area (Å²) in [7, 11) is 2.98. The fraction of sp³-hybridized carbons (Fsp3) is 0.263. The van der Waals surface area contributed by atoms with Gasteiger partial charge in [0.2, 0.25) is 0 Å². The van der Waals surface area contributed by atoms with Crippen LogP contribution in [0.2, 0.25) is 0 Å². The van der Waals surface area contributed by atoms with Gasteiger partial charge in [-0.25, -0.2) is 4.79 Å². The molecule has 0 bridgehead atoms. The lowest BCUT2D eigenvalue weighted by Gasteiger charge is -2.12. The molecule has 0 saturated carbocycles. The van der Waals surface area contributed by atoms with Crippen LogP contribution in [0.1, 0.15) is 21.5 Å². The summed E-state index contributed by atoms with van der Waals surface area (Å²) >= 11 is 0. The summed E-state index contributed by atoms with van der Waals surface area (Å²) < 4.78 is 15.3. The van der Waals surface area contributed by atoms with Gasteiger partial charge in [0.25, 0.3) is 5.91 Å². The minimum atomic E-state index is -0.631. The fourth-order valence-electron chi connectivity index (χ4n) is 2.33. The van der Waals surface area contributed by atoms with Crippen molar-refractivity contribution in [1.29, 1.82) is 0 Å². The van der Waals surface area contributed by atoms with E-state index in [1.165, 1.54) is 26.4 Å².